The summed E-state index contributed by atoms with van der Waals surface area (Å²) in [5, 5.41) is 0. The number of hydrogen-bond donors (Lipinski definition) is 1. The van der Waals surface area contributed by atoms with E-state index in [1.807, 2.05) is 0 Å². The Labute approximate surface area is 129 Å². The van der Waals surface area contributed by atoms with Crippen LogP contribution in [0.3, 0.4) is 0 Å². The van der Waals surface area contributed by atoms with E-state index in [9.17, 15) is 0 Å². The molecule has 0 spiro atoms. The van der Waals surface area contributed by atoms with E-state index in [0.717, 1.165) is 4.47 Å². The molecule has 0 heterocycles. The molecular formula is C18H20BrN. The first-order valence-corrected chi connectivity index (χ1v) is 8.06. The van der Waals surface area contributed by atoms with Crippen molar-refractivity contribution in [3.8, 4) is 0 Å². The van der Waals surface area contributed by atoms with Crippen molar-refractivity contribution < 1.29 is 0 Å². The molecule has 0 amide bonds. The summed E-state index contributed by atoms with van der Waals surface area (Å²) in [6.07, 6.45) is 3.96. The van der Waals surface area contributed by atoms with Crippen LogP contribution in [0.5, 0.6) is 0 Å². The Morgan fingerprint density at radius 1 is 1.10 bits per heavy atom. The second-order valence-corrected chi connectivity index (χ2v) is 6.61. The quantitative estimate of drug-likeness (QED) is 0.835. The van der Waals surface area contributed by atoms with Crippen LogP contribution in [0, 0.1) is 6.92 Å². The fraction of sp³-hybridized carbons (Fsp3) is 0.333. The first-order valence-electron chi connectivity index (χ1n) is 7.27. The molecule has 2 aromatic rings. The van der Waals surface area contributed by atoms with Gasteiger partial charge >= 0.3 is 0 Å². The molecular weight excluding hydrogens is 310 g/mol. The van der Waals surface area contributed by atoms with Crippen LogP contribution in [0.25, 0.3) is 0 Å². The van der Waals surface area contributed by atoms with Gasteiger partial charge in [-0.3, -0.25) is 0 Å². The lowest BCUT2D eigenvalue weighted by molar-refractivity contribution is 0.416. The van der Waals surface area contributed by atoms with Crippen LogP contribution in [0.1, 0.15) is 53.5 Å². The molecule has 1 atom stereocenters. The first-order chi connectivity index (χ1) is 9.66. The Balaban J connectivity index is 2.01. The minimum absolute atomic E-state index is 0.0546. The summed E-state index contributed by atoms with van der Waals surface area (Å²) in [5.74, 6) is 0.709. The second kappa shape index (κ2) is 5.71. The summed E-state index contributed by atoms with van der Waals surface area (Å²) in [6, 6.07) is 15.0. The topological polar surface area (TPSA) is 26.0 Å². The van der Waals surface area contributed by atoms with Crippen molar-refractivity contribution in [1.82, 2.24) is 0 Å². The molecule has 1 fully saturated rings. The fourth-order valence-corrected chi connectivity index (χ4v) is 3.45. The maximum atomic E-state index is 6.57. The van der Waals surface area contributed by atoms with Crippen LogP contribution in [0.4, 0.5) is 0 Å². The summed E-state index contributed by atoms with van der Waals surface area (Å²) in [5.41, 5.74) is 11.7. The van der Waals surface area contributed by atoms with Gasteiger partial charge in [0.05, 0.1) is 6.04 Å². The van der Waals surface area contributed by atoms with Gasteiger partial charge < -0.3 is 5.73 Å². The van der Waals surface area contributed by atoms with Gasteiger partial charge in [-0.05, 0) is 48.4 Å². The average Bonchev–Trinajstić information content (AvgIpc) is 2.39. The molecule has 2 heteroatoms. The smallest absolute Gasteiger partial charge is 0.0565 e. The van der Waals surface area contributed by atoms with E-state index in [1.54, 1.807) is 0 Å². The van der Waals surface area contributed by atoms with Crippen molar-refractivity contribution in [3.63, 3.8) is 0 Å². The highest BCUT2D eigenvalue weighted by atomic mass is 79.9. The zero-order chi connectivity index (χ0) is 14.1. The lowest BCUT2D eigenvalue weighted by Crippen LogP contribution is -2.18. The molecule has 2 aromatic carbocycles. The van der Waals surface area contributed by atoms with Crippen molar-refractivity contribution in [1.29, 1.82) is 0 Å². The second-order valence-electron chi connectivity index (χ2n) is 5.76. The van der Waals surface area contributed by atoms with Gasteiger partial charge in [-0.25, -0.2) is 0 Å². The predicted molar refractivity (Wildman–Crippen MR) is 87.9 cm³/mol. The third-order valence-corrected chi connectivity index (χ3v) is 5.08. The van der Waals surface area contributed by atoms with Gasteiger partial charge in [0, 0.05) is 4.47 Å². The molecule has 3 rings (SSSR count). The average molecular weight is 330 g/mol. The van der Waals surface area contributed by atoms with Crippen LogP contribution in [0.15, 0.2) is 46.9 Å². The SMILES string of the molecule is Cc1ccc(Br)c(C(N)c2ccccc2C2CCC2)c1. The molecule has 2 N–H and O–H groups in total. The molecule has 0 aromatic heterocycles. The maximum absolute atomic E-state index is 6.57. The van der Waals surface area contributed by atoms with Gasteiger partial charge in [-0.2, -0.15) is 0 Å². The number of nitrogens with two attached hydrogens (primary N) is 1. The normalized spacial score (nSPS) is 16.8. The van der Waals surface area contributed by atoms with Gasteiger partial charge in [0.1, 0.15) is 0 Å². The van der Waals surface area contributed by atoms with Crippen LogP contribution in [-0.4, -0.2) is 0 Å². The van der Waals surface area contributed by atoms with Crippen molar-refractivity contribution in [2.75, 3.05) is 0 Å². The zero-order valence-corrected chi connectivity index (χ0v) is 13.4. The molecule has 1 saturated carbocycles. The van der Waals surface area contributed by atoms with Crippen LogP contribution >= 0.6 is 15.9 Å². The Morgan fingerprint density at radius 3 is 2.55 bits per heavy atom. The van der Waals surface area contributed by atoms with Crippen LogP contribution in [0.2, 0.25) is 0 Å². The van der Waals surface area contributed by atoms with Gasteiger partial charge in [0.15, 0.2) is 0 Å². The van der Waals surface area contributed by atoms with E-state index in [2.05, 4.69) is 65.3 Å². The van der Waals surface area contributed by atoms with E-state index in [4.69, 9.17) is 5.73 Å². The number of rotatable bonds is 3. The highest BCUT2D eigenvalue weighted by Crippen LogP contribution is 2.40. The lowest BCUT2D eigenvalue weighted by Gasteiger charge is -2.30. The Kier molecular flexibility index (Phi) is 3.95. The summed E-state index contributed by atoms with van der Waals surface area (Å²) in [4.78, 5) is 0. The van der Waals surface area contributed by atoms with Crippen molar-refractivity contribution in [3.05, 3.63) is 69.2 Å². The summed E-state index contributed by atoms with van der Waals surface area (Å²) in [7, 11) is 0. The Morgan fingerprint density at radius 2 is 1.85 bits per heavy atom. The molecule has 1 nitrogen and oxygen atoms in total. The molecule has 0 saturated heterocycles. The molecule has 1 unspecified atom stereocenters. The monoisotopic (exact) mass is 329 g/mol. The van der Waals surface area contributed by atoms with Crippen molar-refractivity contribution >= 4 is 15.9 Å². The first kappa shape index (κ1) is 13.8. The lowest BCUT2D eigenvalue weighted by atomic mass is 9.76. The standard InChI is InChI=1S/C18H20BrN/c1-12-9-10-17(19)16(11-12)18(20)15-8-3-2-7-14(15)13-5-4-6-13/h2-3,7-11,13,18H,4-6,20H2,1H3. The van der Waals surface area contributed by atoms with E-state index >= 15 is 0 Å². The predicted octanol–water partition coefficient (Wildman–Crippen LogP) is 5.07. The number of hydrogen-bond acceptors (Lipinski definition) is 1. The molecule has 1 aliphatic carbocycles. The summed E-state index contributed by atoms with van der Waals surface area (Å²) in [6.45, 7) is 2.11. The van der Waals surface area contributed by atoms with Crippen LogP contribution < -0.4 is 5.73 Å². The Bertz CT molecular complexity index is 617. The van der Waals surface area contributed by atoms with E-state index in [1.165, 1.54) is 41.5 Å². The number of benzene rings is 2. The van der Waals surface area contributed by atoms with Crippen molar-refractivity contribution in [2.24, 2.45) is 5.73 Å². The van der Waals surface area contributed by atoms with Gasteiger partial charge in [-0.15, -0.1) is 0 Å². The number of halogens is 1. The summed E-state index contributed by atoms with van der Waals surface area (Å²) >= 11 is 3.64. The highest BCUT2D eigenvalue weighted by molar-refractivity contribution is 9.10. The van der Waals surface area contributed by atoms with Crippen molar-refractivity contribution in [2.45, 2.75) is 38.1 Å². The zero-order valence-electron chi connectivity index (χ0n) is 11.8. The molecule has 1 aliphatic rings. The van der Waals surface area contributed by atoms with E-state index in [0.29, 0.717) is 5.92 Å². The van der Waals surface area contributed by atoms with Gasteiger partial charge in [0.2, 0.25) is 0 Å². The highest BCUT2D eigenvalue weighted by Gasteiger charge is 2.24. The third-order valence-electron chi connectivity index (χ3n) is 4.36. The largest absolute Gasteiger partial charge is 0.320 e. The molecule has 0 radical (unpaired) electrons. The molecule has 20 heavy (non-hydrogen) atoms. The number of aryl methyl sites for hydroxylation is 1. The summed E-state index contributed by atoms with van der Waals surface area (Å²) < 4.78 is 1.10. The Hall–Kier alpha value is -1.12. The van der Waals surface area contributed by atoms with E-state index < -0.39 is 0 Å². The molecule has 0 aliphatic heterocycles. The van der Waals surface area contributed by atoms with Crippen LogP contribution in [-0.2, 0) is 0 Å². The minimum Gasteiger partial charge on any atom is -0.320 e. The molecule has 0 bridgehead atoms. The molecule has 104 valence electrons. The maximum Gasteiger partial charge on any atom is 0.0565 e. The minimum atomic E-state index is -0.0546. The van der Waals surface area contributed by atoms with Gasteiger partial charge in [-0.1, -0.05) is 64.3 Å². The fourth-order valence-electron chi connectivity index (χ4n) is 2.95. The van der Waals surface area contributed by atoms with Gasteiger partial charge in [0.25, 0.3) is 0 Å². The van der Waals surface area contributed by atoms with E-state index in [-0.39, 0.29) is 6.04 Å². The third kappa shape index (κ3) is 2.55.